The van der Waals surface area contributed by atoms with Gasteiger partial charge in [0, 0.05) is 31.7 Å². The van der Waals surface area contributed by atoms with Gasteiger partial charge in [-0.05, 0) is 151 Å². The topological polar surface area (TPSA) is 73.2 Å². The van der Waals surface area contributed by atoms with Crippen molar-refractivity contribution >= 4 is 5.57 Å². The Bertz CT molecular complexity index is 1950. The molecular formula is C45H53N5O. The predicted molar refractivity (Wildman–Crippen MR) is 209 cm³/mol. The van der Waals surface area contributed by atoms with Gasteiger partial charge < -0.3 is 20.3 Å². The monoisotopic (exact) mass is 679 g/mol. The van der Waals surface area contributed by atoms with Crippen molar-refractivity contribution in [2.45, 2.75) is 78.3 Å². The van der Waals surface area contributed by atoms with Gasteiger partial charge in [-0.2, -0.15) is 5.26 Å². The second-order valence-corrected chi connectivity index (χ2v) is 14.2. The van der Waals surface area contributed by atoms with E-state index in [1.807, 2.05) is 19.3 Å². The zero-order chi connectivity index (χ0) is 35.7. The van der Waals surface area contributed by atoms with Gasteiger partial charge >= 0.3 is 0 Å². The predicted octanol–water partition coefficient (Wildman–Crippen LogP) is 8.25. The van der Waals surface area contributed by atoms with E-state index in [0.717, 1.165) is 70.2 Å². The molecule has 1 aliphatic carbocycles. The normalized spacial score (nSPS) is 16.0. The molecule has 0 saturated carbocycles. The fourth-order valence-corrected chi connectivity index (χ4v) is 7.82. The van der Waals surface area contributed by atoms with E-state index in [1.54, 1.807) is 6.20 Å². The van der Waals surface area contributed by atoms with Gasteiger partial charge in [0.05, 0.1) is 18.2 Å². The maximum Gasteiger partial charge on any atom is 0.118 e. The number of pyridine rings is 1. The number of aromatic nitrogens is 1. The molecule has 6 heteroatoms. The molecule has 1 atom stereocenters. The summed E-state index contributed by atoms with van der Waals surface area (Å²) in [6, 6.07) is 25.1. The summed E-state index contributed by atoms with van der Waals surface area (Å²) in [4.78, 5) is 6.54. The van der Waals surface area contributed by atoms with Crippen molar-refractivity contribution in [1.82, 2.24) is 20.5 Å². The first-order chi connectivity index (χ1) is 24.9. The average molecular weight is 680 g/mol. The lowest BCUT2D eigenvalue weighted by molar-refractivity contribution is 0.0631. The van der Waals surface area contributed by atoms with Crippen LogP contribution in [0.4, 0.5) is 0 Å². The van der Waals surface area contributed by atoms with Crippen molar-refractivity contribution in [2.24, 2.45) is 0 Å². The number of rotatable bonds is 13. The van der Waals surface area contributed by atoms with Crippen LogP contribution in [-0.2, 0) is 37.0 Å². The van der Waals surface area contributed by atoms with Crippen LogP contribution < -0.4 is 10.6 Å². The molecule has 0 fully saturated rings. The lowest BCUT2D eigenvalue weighted by Gasteiger charge is -2.29. The number of nitriles is 1. The number of hydrogen-bond acceptors (Lipinski definition) is 6. The van der Waals surface area contributed by atoms with Crippen molar-refractivity contribution in [3.63, 3.8) is 0 Å². The molecule has 3 aromatic carbocycles. The Morgan fingerprint density at radius 2 is 1.63 bits per heavy atom. The molecule has 0 amide bonds. The molecular weight excluding hydrogens is 627 g/mol. The summed E-state index contributed by atoms with van der Waals surface area (Å²) in [5.41, 5.74) is 18.1. The molecule has 0 spiro atoms. The molecule has 1 aromatic heterocycles. The maximum atomic E-state index is 9.30. The lowest BCUT2D eigenvalue weighted by Crippen LogP contribution is -2.36. The Morgan fingerprint density at radius 1 is 0.863 bits per heavy atom. The fraction of sp³-hybridized carbons (Fsp3) is 0.378. The first kappa shape index (κ1) is 36.3. The third kappa shape index (κ3) is 8.51. The molecule has 6 rings (SSSR count). The van der Waals surface area contributed by atoms with Crippen LogP contribution in [0.5, 0.6) is 0 Å². The minimum absolute atomic E-state index is 0.281. The number of aryl methyl sites for hydroxylation is 4. The molecule has 0 saturated heterocycles. The van der Waals surface area contributed by atoms with Crippen LogP contribution >= 0.6 is 0 Å². The van der Waals surface area contributed by atoms with Crippen LogP contribution in [0, 0.1) is 25.2 Å². The van der Waals surface area contributed by atoms with E-state index in [4.69, 9.17) is 4.74 Å². The zero-order valence-corrected chi connectivity index (χ0v) is 31.1. The number of likely N-dealkylation sites (N-methyl/N-ethyl adjacent to an activating group) is 1. The molecule has 51 heavy (non-hydrogen) atoms. The van der Waals surface area contributed by atoms with Crippen molar-refractivity contribution in [1.29, 1.82) is 5.26 Å². The number of allylic oxidation sites excluding steroid dienone is 2. The van der Waals surface area contributed by atoms with Crippen LogP contribution in [0.2, 0.25) is 0 Å². The molecule has 6 nitrogen and oxygen atoms in total. The van der Waals surface area contributed by atoms with Gasteiger partial charge in [-0.15, -0.1) is 0 Å². The van der Waals surface area contributed by atoms with Gasteiger partial charge in [-0.1, -0.05) is 61.5 Å². The second kappa shape index (κ2) is 17.1. The summed E-state index contributed by atoms with van der Waals surface area (Å²) >= 11 is 0. The van der Waals surface area contributed by atoms with Gasteiger partial charge in [0.25, 0.3) is 0 Å². The van der Waals surface area contributed by atoms with E-state index in [2.05, 4.69) is 115 Å². The number of hydrogen-bond donors (Lipinski definition) is 2. The summed E-state index contributed by atoms with van der Waals surface area (Å²) in [6.07, 6.45) is 12.9. The van der Waals surface area contributed by atoms with Crippen molar-refractivity contribution in [3.8, 4) is 17.2 Å². The first-order valence-electron chi connectivity index (χ1n) is 18.6. The third-order valence-corrected chi connectivity index (χ3v) is 10.7. The quantitative estimate of drug-likeness (QED) is 0.148. The van der Waals surface area contributed by atoms with Crippen LogP contribution in [0.15, 0.2) is 90.4 Å². The number of nitrogens with one attached hydrogen (secondary N) is 2. The van der Waals surface area contributed by atoms with Crippen molar-refractivity contribution in [2.75, 3.05) is 34.0 Å². The smallest absolute Gasteiger partial charge is 0.118 e. The van der Waals surface area contributed by atoms with Crippen LogP contribution in [0.3, 0.4) is 0 Å². The first-order valence-corrected chi connectivity index (χ1v) is 18.6. The van der Waals surface area contributed by atoms with E-state index in [1.165, 1.54) is 66.9 Å². The van der Waals surface area contributed by atoms with Gasteiger partial charge in [0.2, 0.25) is 0 Å². The SMILES string of the molecule is CCCNC1COCN(C)C2=C1CCC(c1cccc(-c3cccc(CCc4ccc(CNC)c(CCc5cncc(C#N)c5)c4)c3C)c1C)=C2. The second-order valence-electron chi connectivity index (χ2n) is 14.2. The molecule has 0 radical (unpaired) electrons. The molecule has 4 aromatic rings. The van der Waals surface area contributed by atoms with E-state index >= 15 is 0 Å². The van der Waals surface area contributed by atoms with Gasteiger partial charge in [0.15, 0.2) is 0 Å². The minimum atomic E-state index is 0.281. The molecule has 264 valence electrons. The summed E-state index contributed by atoms with van der Waals surface area (Å²) in [6.45, 7) is 10.0. The summed E-state index contributed by atoms with van der Waals surface area (Å²) in [5, 5.41) is 16.4. The van der Waals surface area contributed by atoms with Gasteiger partial charge in [0.1, 0.15) is 12.8 Å². The highest BCUT2D eigenvalue weighted by Crippen LogP contribution is 2.39. The zero-order valence-electron chi connectivity index (χ0n) is 31.1. The number of nitrogens with zero attached hydrogens (tertiary/aromatic N) is 3. The van der Waals surface area contributed by atoms with E-state index in [0.29, 0.717) is 12.3 Å². The largest absolute Gasteiger partial charge is 0.359 e. The molecule has 2 N–H and O–H groups in total. The number of ether oxygens (including phenoxy) is 1. The Morgan fingerprint density at radius 3 is 2.43 bits per heavy atom. The van der Waals surface area contributed by atoms with Gasteiger partial charge in [-0.3, -0.25) is 4.98 Å². The molecule has 2 heterocycles. The Balaban J connectivity index is 1.22. The summed E-state index contributed by atoms with van der Waals surface area (Å²) in [7, 11) is 4.15. The van der Waals surface area contributed by atoms with Crippen molar-refractivity contribution < 1.29 is 4.74 Å². The minimum Gasteiger partial charge on any atom is -0.359 e. The van der Waals surface area contributed by atoms with E-state index < -0.39 is 0 Å². The standard InChI is InChI=1S/C45H53N5O/c1-6-21-49-44-29-51-30-50(5)45-24-38(19-20-43(44)45)40-10-8-12-42(32(40)3)41-11-7-9-36(31(41)2)16-13-33-14-18-39(28-47-4)37(23-33)17-15-34-22-35(25-46)27-48-26-34/h7-12,14,18,22-24,26-27,44,47,49H,6,13,15-17,19-21,28-30H2,1-5H3. The van der Waals surface area contributed by atoms with Crippen LogP contribution in [0.1, 0.15) is 76.3 Å². The summed E-state index contributed by atoms with van der Waals surface area (Å²) < 4.78 is 6.06. The Kier molecular flexibility index (Phi) is 12.2. The molecule has 1 aliphatic heterocycles. The van der Waals surface area contributed by atoms with E-state index in [9.17, 15) is 5.26 Å². The maximum absolute atomic E-state index is 9.30. The Hall–Kier alpha value is -4.54. The number of benzene rings is 3. The average Bonchev–Trinajstić information content (AvgIpc) is 3.31. The molecule has 2 aliphatic rings. The van der Waals surface area contributed by atoms with Crippen LogP contribution in [0.25, 0.3) is 16.7 Å². The third-order valence-electron chi connectivity index (χ3n) is 10.7. The van der Waals surface area contributed by atoms with Crippen molar-refractivity contribution in [3.05, 3.63) is 140 Å². The molecule has 1 unspecified atom stereocenters. The highest BCUT2D eigenvalue weighted by Gasteiger charge is 2.27. The summed E-state index contributed by atoms with van der Waals surface area (Å²) in [5.74, 6) is 0. The lowest BCUT2D eigenvalue weighted by atomic mass is 9.84. The molecule has 0 bridgehead atoms. The van der Waals surface area contributed by atoms with Crippen LogP contribution in [-0.4, -0.2) is 49.9 Å². The fourth-order valence-electron chi connectivity index (χ4n) is 7.82. The highest BCUT2D eigenvalue weighted by molar-refractivity contribution is 5.80. The van der Waals surface area contributed by atoms with Gasteiger partial charge in [-0.25, -0.2) is 0 Å². The Labute approximate surface area is 305 Å². The highest BCUT2D eigenvalue weighted by atomic mass is 16.5. The van der Waals surface area contributed by atoms with E-state index in [-0.39, 0.29) is 6.04 Å².